The van der Waals surface area contributed by atoms with Crippen LogP contribution in [0.15, 0.2) is 6.33 Å². The fourth-order valence-electron chi connectivity index (χ4n) is 0.729. The third-order valence-corrected chi connectivity index (χ3v) is 4.28. The maximum absolute atomic E-state index is 10.5. The molecule has 66 valence electrons. The number of carbonyl (C=O) groups excluding carboxylic acids is 1. The molecule has 0 radical (unpaired) electrons. The van der Waals surface area contributed by atoms with Crippen LogP contribution in [0.5, 0.6) is 0 Å². The van der Waals surface area contributed by atoms with Gasteiger partial charge in [-0.2, -0.15) is 0 Å². The minimum absolute atomic E-state index is 0.283. The molecule has 1 rings (SSSR count). The zero-order valence-electron chi connectivity index (χ0n) is 6.13. The van der Waals surface area contributed by atoms with Crippen molar-refractivity contribution in [1.82, 2.24) is 9.55 Å². The summed E-state index contributed by atoms with van der Waals surface area (Å²) in [5.74, 6) is -0.283. The summed E-state index contributed by atoms with van der Waals surface area (Å²) in [6, 6.07) is 0. The predicted octanol–water partition coefficient (Wildman–Crippen LogP) is 0.968. The van der Waals surface area contributed by atoms with Crippen LogP contribution in [0.4, 0.5) is 0 Å². The average molecular weight is 391 g/mol. The van der Waals surface area contributed by atoms with Gasteiger partial charge in [-0.15, -0.1) is 0 Å². The highest BCUT2D eigenvalue weighted by Gasteiger charge is 2.04. The van der Waals surface area contributed by atoms with Gasteiger partial charge in [0, 0.05) is 13.0 Å². The Labute approximate surface area is 97.2 Å². The number of nitrogens with zero attached hydrogens (tertiary/aromatic N) is 2. The molecule has 0 saturated heterocycles. The maximum Gasteiger partial charge on any atom is 0.219 e. The van der Waals surface area contributed by atoms with Gasteiger partial charge in [-0.1, -0.05) is 0 Å². The molecule has 0 aromatic carbocycles. The topological polar surface area (TPSA) is 60.9 Å². The normalized spacial score (nSPS) is 10.2. The number of carbonyl (C=O) groups is 1. The monoisotopic (exact) mass is 391 g/mol. The van der Waals surface area contributed by atoms with Crippen molar-refractivity contribution in [2.75, 3.05) is 0 Å². The van der Waals surface area contributed by atoms with E-state index >= 15 is 0 Å². The van der Waals surface area contributed by atoms with Gasteiger partial charge >= 0.3 is 0 Å². The highest BCUT2D eigenvalue weighted by Crippen LogP contribution is 2.12. The van der Waals surface area contributed by atoms with Crippen LogP contribution in [0.1, 0.15) is 6.42 Å². The van der Waals surface area contributed by atoms with E-state index in [0.29, 0.717) is 13.0 Å². The third kappa shape index (κ3) is 2.57. The molecule has 6 heteroatoms. The standard InChI is InChI=1S/C6H7I2N3O/c7-5-6(8)11(3-10-5)2-1-4(9)12/h3H,1-2H2,(H2,9,12). The van der Waals surface area contributed by atoms with Crippen molar-refractivity contribution in [3.8, 4) is 0 Å². The van der Waals surface area contributed by atoms with Gasteiger partial charge in [-0.25, -0.2) is 4.98 Å². The molecule has 4 nitrogen and oxygen atoms in total. The second kappa shape index (κ2) is 4.40. The van der Waals surface area contributed by atoms with E-state index in [-0.39, 0.29) is 5.91 Å². The Morgan fingerprint density at radius 2 is 2.33 bits per heavy atom. The van der Waals surface area contributed by atoms with Crippen LogP contribution in [0.2, 0.25) is 0 Å². The molecule has 0 saturated carbocycles. The molecular formula is C6H7I2N3O. The number of amides is 1. The number of halogens is 2. The van der Waals surface area contributed by atoms with Crippen LogP contribution in [0.3, 0.4) is 0 Å². The molecule has 0 aliphatic rings. The first kappa shape index (κ1) is 10.2. The molecule has 1 aromatic rings. The molecule has 1 heterocycles. The fourth-order valence-corrected chi connectivity index (χ4v) is 1.67. The fraction of sp³-hybridized carbons (Fsp3) is 0.333. The lowest BCUT2D eigenvalue weighted by atomic mass is 10.4. The van der Waals surface area contributed by atoms with Crippen molar-refractivity contribution in [2.24, 2.45) is 5.73 Å². The molecule has 0 atom stereocenters. The van der Waals surface area contributed by atoms with E-state index in [0.717, 1.165) is 7.40 Å². The van der Waals surface area contributed by atoms with Crippen LogP contribution in [-0.2, 0) is 11.3 Å². The number of imidazole rings is 1. The van der Waals surface area contributed by atoms with Gasteiger partial charge in [-0.3, -0.25) is 4.79 Å². The van der Waals surface area contributed by atoms with E-state index in [1.807, 2.05) is 4.57 Å². The largest absolute Gasteiger partial charge is 0.370 e. The lowest BCUT2D eigenvalue weighted by Gasteiger charge is -2.00. The quantitative estimate of drug-likeness (QED) is 0.782. The number of primary amides is 1. The molecular weight excluding hydrogens is 384 g/mol. The Bertz CT molecular complexity index is 297. The van der Waals surface area contributed by atoms with Gasteiger partial charge in [0.2, 0.25) is 5.91 Å². The summed E-state index contributed by atoms with van der Waals surface area (Å²) >= 11 is 4.33. The van der Waals surface area contributed by atoms with E-state index < -0.39 is 0 Å². The molecule has 0 bridgehead atoms. The maximum atomic E-state index is 10.5. The molecule has 12 heavy (non-hydrogen) atoms. The van der Waals surface area contributed by atoms with Crippen molar-refractivity contribution in [2.45, 2.75) is 13.0 Å². The first-order valence-electron chi connectivity index (χ1n) is 3.25. The van der Waals surface area contributed by atoms with Crippen LogP contribution >= 0.6 is 45.2 Å². The predicted molar refractivity (Wildman–Crippen MR) is 61.5 cm³/mol. The number of aromatic nitrogens is 2. The number of rotatable bonds is 3. The summed E-state index contributed by atoms with van der Waals surface area (Å²) in [7, 11) is 0. The van der Waals surface area contributed by atoms with Crippen molar-refractivity contribution in [3.63, 3.8) is 0 Å². The first-order valence-corrected chi connectivity index (χ1v) is 5.41. The second-order valence-electron chi connectivity index (χ2n) is 2.24. The highest BCUT2D eigenvalue weighted by atomic mass is 127. The zero-order chi connectivity index (χ0) is 9.14. The van der Waals surface area contributed by atoms with Crippen LogP contribution in [0, 0.1) is 7.40 Å². The number of nitrogens with two attached hydrogens (primary N) is 1. The Hall–Kier alpha value is 0.140. The number of hydrogen-bond donors (Lipinski definition) is 1. The Morgan fingerprint density at radius 1 is 1.67 bits per heavy atom. The SMILES string of the molecule is NC(=O)CCn1cnc(I)c1I. The second-order valence-corrected chi connectivity index (χ2v) is 4.28. The van der Waals surface area contributed by atoms with Gasteiger partial charge < -0.3 is 10.3 Å². The molecule has 0 aliphatic heterocycles. The molecule has 1 aromatic heterocycles. The molecule has 1 amide bonds. The van der Waals surface area contributed by atoms with Gasteiger partial charge in [0.05, 0.1) is 6.33 Å². The van der Waals surface area contributed by atoms with Crippen molar-refractivity contribution in [3.05, 3.63) is 13.7 Å². The van der Waals surface area contributed by atoms with E-state index in [2.05, 4.69) is 50.2 Å². The summed E-state index contributed by atoms with van der Waals surface area (Å²) in [6.07, 6.45) is 2.08. The number of hydrogen-bond acceptors (Lipinski definition) is 2. The van der Waals surface area contributed by atoms with Gasteiger partial charge in [0.15, 0.2) is 0 Å². The number of aryl methyl sites for hydroxylation is 1. The van der Waals surface area contributed by atoms with E-state index in [1.54, 1.807) is 6.33 Å². The lowest BCUT2D eigenvalue weighted by molar-refractivity contribution is -0.118. The van der Waals surface area contributed by atoms with Crippen LogP contribution in [-0.4, -0.2) is 15.5 Å². The minimum atomic E-state index is -0.283. The van der Waals surface area contributed by atoms with Crippen molar-refractivity contribution >= 4 is 51.1 Å². The third-order valence-electron chi connectivity index (χ3n) is 1.33. The molecule has 2 N–H and O–H groups in total. The smallest absolute Gasteiger partial charge is 0.219 e. The average Bonchev–Trinajstić information content (AvgIpc) is 2.30. The van der Waals surface area contributed by atoms with Gasteiger partial charge in [-0.05, 0) is 45.2 Å². The zero-order valence-corrected chi connectivity index (χ0v) is 10.4. The summed E-state index contributed by atoms with van der Waals surface area (Å²) in [6.45, 7) is 0.615. The van der Waals surface area contributed by atoms with Gasteiger partial charge in [0.1, 0.15) is 7.40 Å². The minimum Gasteiger partial charge on any atom is -0.370 e. The summed E-state index contributed by atoms with van der Waals surface area (Å²) in [5.41, 5.74) is 5.02. The summed E-state index contributed by atoms with van der Waals surface area (Å²) in [5, 5.41) is 0. The molecule has 0 spiro atoms. The van der Waals surface area contributed by atoms with E-state index in [9.17, 15) is 4.79 Å². The molecule has 0 unspecified atom stereocenters. The lowest BCUT2D eigenvalue weighted by Crippen LogP contribution is -2.14. The van der Waals surface area contributed by atoms with E-state index in [1.165, 1.54) is 0 Å². The van der Waals surface area contributed by atoms with Crippen LogP contribution < -0.4 is 5.73 Å². The van der Waals surface area contributed by atoms with Crippen molar-refractivity contribution < 1.29 is 4.79 Å². The van der Waals surface area contributed by atoms with E-state index in [4.69, 9.17) is 5.73 Å². The van der Waals surface area contributed by atoms with Crippen LogP contribution in [0.25, 0.3) is 0 Å². The summed E-state index contributed by atoms with van der Waals surface area (Å²) < 4.78 is 3.92. The Kier molecular flexibility index (Phi) is 3.75. The Balaban J connectivity index is 2.63. The first-order chi connectivity index (χ1) is 5.61. The Morgan fingerprint density at radius 3 is 2.75 bits per heavy atom. The highest BCUT2D eigenvalue weighted by molar-refractivity contribution is 14.1. The van der Waals surface area contributed by atoms with Crippen molar-refractivity contribution in [1.29, 1.82) is 0 Å². The molecule has 0 aliphatic carbocycles. The molecule has 0 fully saturated rings. The van der Waals surface area contributed by atoms with Gasteiger partial charge in [0.25, 0.3) is 0 Å². The summed E-state index contributed by atoms with van der Waals surface area (Å²) in [4.78, 5) is 14.6.